The van der Waals surface area contributed by atoms with Gasteiger partial charge in [0.15, 0.2) is 0 Å². The predicted octanol–water partition coefficient (Wildman–Crippen LogP) is 6.93. The van der Waals surface area contributed by atoms with Crippen LogP contribution in [0.25, 0.3) is 0 Å². The van der Waals surface area contributed by atoms with E-state index >= 15 is 0 Å². The summed E-state index contributed by atoms with van der Waals surface area (Å²) in [5, 5.41) is 0. The van der Waals surface area contributed by atoms with Gasteiger partial charge >= 0.3 is 5.97 Å². The molecule has 12 nitrogen and oxygen atoms in total. The molecule has 53 heavy (non-hydrogen) atoms. The highest BCUT2D eigenvalue weighted by Crippen LogP contribution is 2.13. The third-order valence-electron chi connectivity index (χ3n) is 8.04. The lowest BCUT2D eigenvalue weighted by Crippen LogP contribution is -2.15. The summed E-state index contributed by atoms with van der Waals surface area (Å²) in [6.07, 6.45) is 20.2. The van der Waals surface area contributed by atoms with Crippen molar-refractivity contribution in [3.05, 3.63) is 0 Å². The van der Waals surface area contributed by atoms with E-state index in [1.807, 2.05) is 0 Å². The van der Waals surface area contributed by atoms with Crippen molar-refractivity contribution in [1.29, 1.82) is 0 Å². The van der Waals surface area contributed by atoms with Gasteiger partial charge < -0.3 is 52.1 Å². The molecule has 0 radical (unpaired) electrons. The number of unbranched alkanes of at least 4 members (excludes halogenated alkanes) is 14. The summed E-state index contributed by atoms with van der Waals surface area (Å²) in [5.41, 5.74) is 0. The zero-order valence-corrected chi connectivity index (χ0v) is 33.6. The van der Waals surface area contributed by atoms with E-state index < -0.39 is 6.67 Å². The Kier molecular flexibility index (Phi) is 48.1. The van der Waals surface area contributed by atoms with E-state index in [-0.39, 0.29) is 19.2 Å². The molecule has 318 valence electrons. The maximum atomic E-state index is 11.9. The van der Waals surface area contributed by atoms with Crippen molar-refractivity contribution >= 4 is 5.97 Å². The molecular weight excluding hydrogens is 691 g/mol. The van der Waals surface area contributed by atoms with E-state index in [4.69, 9.17) is 52.1 Å². The normalized spacial score (nSPS) is 11.5. The van der Waals surface area contributed by atoms with Crippen LogP contribution in [-0.2, 0) is 56.9 Å². The van der Waals surface area contributed by atoms with E-state index in [9.17, 15) is 9.18 Å². The molecule has 0 bridgehead atoms. The van der Waals surface area contributed by atoms with Crippen LogP contribution in [0.3, 0.4) is 0 Å². The van der Waals surface area contributed by atoms with Crippen molar-refractivity contribution in [3.8, 4) is 0 Å². The molecule has 0 aromatic carbocycles. The predicted molar refractivity (Wildman–Crippen MR) is 205 cm³/mol. The largest absolute Gasteiger partial charge is 0.463 e. The molecule has 0 aliphatic heterocycles. The second-order valence-corrected chi connectivity index (χ2v) is 12.7. The fraction of sp³-hybridized carbons (Fsp3) is 0.975. The standard InChI is InChI=1S/C40H79FO12/c1-2-3-4-5-6-7-8-9-10-11-12-13-14-15-16-17-40(42)53-39-38-52-37-36-51-35-34-50-33-32-49-31-30-48-29-28-47-27-26-46-25-24-45-23-22-44-21-20-43-19-18-41/h2-39H2,1H3. The molecule has 0 spiro atoms. The zero-order chi connectivity index (χ0) is 38.2. The Hall–Kier alpha value is -1.00. The molecule has 0 saturated carbocycles. The SMILES string of the molecule is CCCCCCCCCCCCCCCCCC(=O)OCCOCCOCCOCCOCCOCCOCCOCCOCCOCCOCCF. The van der Waals surface area contributed by atoms with Gasteiger partial charge in [0.25, 0.3) is 0 Å². The summed E-state index contributed by atoms with van der Waals surface area (Å²) in [7, 11) is 0. The van der Waals surface area contributed by atoms with Gasteiger partial charge in [0.2, 0.25) is 0 Å². The highest BCUT2D eigenvalue weighted by molar-refractivity contribution is 5.69. The summed E-state index contributed by atoms with van der Waals surface area (Å²) in [4.78, 5) is 11.9. The average Bonchev–Trinajstić information content (AvgIpc) is 3.16. The number of ether oxygens (including phenoxy) is 11. The minimum Gasteiger partial charge on any atom is -0.463 e. The quantitative estimate of drug-likeness (QED) is 0.0472. The summed E-state index contributed by atoms with van der Waals surface area (Å²) >= 11 is 0. The Morgan fingerprint density at radius 3 is 0.811 bits per heavy atom. The number of carbonyl (C=O) groups excluding carboxylic acids is 1. The highest BCUT2D eigenvalue weighted by atomic mass is 19.1. The highest BCUT2D eigenvalue weighted by Gasteiger charge is 2.03. The van der Waals surface area contributed by atoms with Crippen molar-refractivity contribution in [1.82, 2.24) is 0 Å². The smallest absolute Gasteiger partial charge is 0.305 e. The summed E-state index contributed by atoms with van der Waals surface area (Å²) in [6, 6.07) is 0. The van der Waals surface area contributed by atoms with E-state index in [0.29, 0.717) is 132 Å². The van der Waals surface area contributed by atoms with Crippen LogP contribution in [0.15, 0.2) is 0 Å². The third kappa shape index (κ3) is 49.0. The molecule has 0 atom stereocenters. The lowest BCUT2D eigenvalue weighted by atomic mass is 10.0. The first-order chi connectivity index (χ1) is 26.3. The zero-order valence-electron chi connectivity index (χ0n) is 33.6. The maximum absolute atomic E-state index is 11.9. The molecule has 0 N–H and O–H groups in total. The van der Waals surface area contributed by atoms with Crippen molar-refractivity contribution in [2.75, 3.05) is 145 Å². The van der Waals surface area contributed by atoms with Crippen LogP contribution in [0, 0.1) is 0 Å². The Morgan fingerprint density at radius 1 is 0.321 bits per heavy atom. The van der Waals surface area contributed by atoms with Crippen LogP contribution in [0.4, 0.5) is 4.39 Å². The molecule has 0 fully saturated rings. The van der Waals surface area contributed by atoms with Crippen molar-refractivity contribution in [2.24, 2.45) is 0 Å². The Bertz CT molecular complexity index is 680. The molecule has 0 aliphatic rings. The number of hydrogen-bond acceptors (Lipinski definition) is 12. The van der Waals surface area contributed by atoms with E-state index in [2.05, 4.69) is 6.92 Å². The van der Waals surface area contributed by atoms with E-state index in [0.717, 1.165) is 12.8 Å². The fourth-order valence-corrected chi connectivity index (χ4v) is 5.06. The molecule has 0 rings (SSSR count). The Morgan fingerprint density at radius 2 is 0.547 bits per heavy atom. The molecule has 0 saturated heterocycles. The minimum atomic E-state index is -0.476. The van der Waals surface area contributed by atoms with Crippen molar-refractivity contribution in [2.45, 2.75) is 110 Å². The lowest BCUT2D eigenvalue weighted by molar-refractivity contribution is -0.145. The molecule has 0 aromatic heterocycles. The van der Waals surface area contributed by atoms with Crippen LogP contribution in [0.1, 0.15) is 110 Å². The summed E-state index contributed by atoms with van der Waals surface area (Å²) in [6.45, 7) is 11.1. The first-order valence-corrected chi connectivity index (χ1v) is 20.8. The molecule has 0 heterocycles. The molecule has 0 aromatic rings. The van der Waals surface area contributed by atoms with Crippen LogP contribution >= 0.6 is 0 Å². The number of halogens is 1. The van der Waals surface area contributed by atoms with Gasteiger partial charge in [0.1, 0.15) is 13.3 Å². The van der Waals surface area contributed by atoms with Crippen LogP contribution in [0.2, 0.25) is 0 Å². The summed E-state index contributed by atoms with van der Waals surface area (Å²) < 4.78 is 71.1. The van der Waals surface area contributed by atoms with Gasteiger partial charge in [-0.2, -0.15) is 0 Å². The monoisotopic (exact) mass is 771 g/mol. The Balaban J connectivity index is 3.12. The van der Waals surface area contributed by atoms with Crippen molar-refractivity contribution in [3.63, 3.8) is 0 Å². The van der Waals surface area contributed by atoms with Gasteiger partial charge in [-0.3, -0.25) is 4.79 Å². The van der Waals surface area contributed by atoms with E-state index in [1.165, 1.54) is 83.5 Å². The number of carbonyl (C=O) groups is 1. The number of hydrogen-bond donors (Lipinski definition) is 0. The van der Waals surface area contributed by atoms with Gasteiger partial charge in [-0.05, 0) is 6.42 Å². The van der Waals surface area contributed by atoms with Gasteiger partial charge in [-0.25, -0.2) is 4.39 Å². The fourth-order valence-electron chi connectivity index (χ4n) is 5.06. The molecule has 13 heteroatoms. The molecule has 0 unspecified atom stereocenters. The number of esters is 1. The topological polar surface area (TPSA) is 119 Å². The lowest BCUT2D eigenvalue weighted by Gasteiger charge is -2.09. The van der Waals surface area contributed by atoms with Crippen LogP contribution < -0.4 is 0 Å². The molecule has 0 amide bonds. The second kappa shape index (κ2) is 49.0. The maximum Gasteiger partial charge on any atom is 0.305 e. The second-order valence-electron chi connectivity index (χ2n) is 12.7. The number of rotatable bonds is 48. The van der Waals surface area contributed by atoms with Crippen LogP contribution in [-0.4, -0.2) is 151 Å². The van der Waals surface area contributed by atoms with Crippen molar-refractivity contribution < 1.29 is 61.3 Å². The first kappa shape index (κ1) is 52.0. The molecule has 0 aliphatic carbocycles. The molecular formula is C40H79FO12. The number of alkyl halides is 1. The minimum absolute atomic E-state index is 0.112. The summed E-state index contributed by atoms with van der Waals surface area (Å²) in [5.74, 6) is -0.133. The third-order valence-corrected chi connectivity index (χ3v) is 8.04. The van der Waals surface area contributed by atoms with Gasteiger partial charge in [-0.15, -0.1) is 0 Å². The first-order valence-electron chi connectivity index (χ1n) is 20.8. The van der Waals surface area contributed by atoms with Gasteiger partial charge in [-0.1, -0.05) is 96.8 Å². The van der Waals surface area contributed by atoms with Gasteiger partial charge in [0, 0.05) is 6.42 Å². The van der Waals surface area contributed by atoms with Gasteiger partial charge in [0.05, 0.1) is 132 Å². The van der Waals surface area contributed by atoms with E-state index in [1.54, 1.807) is 0 Å². The Labute approximate surface area is 322 Å². The average molecular weight is 771 g/mol. The van der Waals surface area contributed by atoms with Crippen LogP contribution in [0.5, 0.6) is 0 Å².